The van der Waals surface area contributed by atoms with Gasteiger partial charge >= 0.3 is 0 Å². The maximum atomic E-state index is 12.9. The lowest BCUT2D eigenvalue weighted by Crippen LogP contribution is -2.23. The van der Waals surface area contributed by atoms with Gasteiger partial charge in [0.15, 0.2) is 0 Å². The van der Waals surface area contributed by atoms with Gasteiger partial charge in [0.05, 0.1) is 17.1 Å². The zero-order valence-corrected chi connectivity index (χ0v) is 18.9. The number of anilines is 2. The molecule has 2 aromatic carbocycles. The molecule has 0 spiro atoms. The summed E-state index contributed by atoms with van der Waals surface area (Å²) >= 11 is 1.45. The SMILES string of the molecule is Cc1ccc(Cn2nc(C)c3cc(C(=O)Nc4ccc(N5CCCC5=O)cc4)sc32)cc1. The highest BCUT2D eigenvalue weighted by Gasteiger charge is 2.22. The molecule has 0 atom stereocenters. The minimum absolute atomic E-state index is 0.141. The van der Waals surface area contributed by atoms with Crippen LogP contribution in [0.1, 0.15) is 39.3 Å². The second-order valence-electron chi connectivity index (χ2n) is 8.21. The Hall–Kier alpha value is -3.45. The summed E-state index contributed by atoms with van der Waals surface area (Å²) in [6.45, 7) is 5.47. The van der Waals surface area contributed by atoms with Gasteiger partial charge in [-0.3, -0.25) is 14.3 Å². The number of rotatable bonds is 5. The Bertz CT molecular complexity index is 1300. The van der Waals surface area contributed by atoms with Gasteiger partial charge in [0.1, 0.15) is 4.83 Å². The number of amides is 2. The monoisotopic (exact) mass is 444 g/mol. The van der Waals surface area contributed by atoms with Gasteiger partial charge in [-0.2, -0.15) is 5.10 Å². The third-order valence-corrected chi connectivity index (χ3v) is 6.94. The van der Waals surface area contributed by atoms with E-state index < -0.39 is 0 Å². The van der Waals surface area contributed by atoms with Gasteiger partial charge < -0.3 is 10.2 Å². The first-order chi connectivity index (χ1) is 15.5. The van der Waals surface area contributed by atoms with Crippen molar-refractivity contribution in [1.29, 1.82) is 0 Å². The smallest absolute Gasteiger partial charge is 0.265 e. The van der Waals surface area contributed by atoms with Crippen LogP contribution in [-0.2, 0) is 11.3 Å². The molecule has 1 saturated heterocycles. The number of thiophene rings is 1. The molecule has 1 aliphatic heterocycles. The van der Waals surface area contributed by atoms with E-state index >= 15 is 0 Å². The lowest BCUT2D eigenvalue weighted by Gasteiger charge is -2.16. The normalized spacial score (nSPS) is 13.8. The van der Waals surface area contributed by atoms with E-state index in [1.165, 1.54) is 22.5 Å². The van der Waals surface area contributed by atoms with E-state index in [1.54, 1.807) is 4.90 Å². The molecule has 0 bridgehead atoms. The molecular weight excluding hydrogens is 420 g/mol. The third kappa shape index (κ3) is 3.91. The molecule has 5 rings (SSSR count). The van der Waals surface area contributed by atoms with Crippen LogP contribution in [0.4, 0.5) is 11.4 Å². The van der Waals surface area contributed by atoms with E-state index in [-0.39, 0.29) is 11.8 Å². The summed E-state index contributed by atoms with van der Waals surface area (Å²) in [5.74, 6) is 0.0135. The van der Waals surface area contributed by atoms with Crippen LogP contribution >= 0.6 is 11.3 Å². The molecule has 2 aromatic heterocycles. The van der Waals surface area contributed by atoms with Crippen LogP contribution < -0.4 is 10.2 Å². The highest BCUT2D eigenvalue weighted by molar-refractivity contribution is 7.20. The molecular formula is C25H24N4O2S. The molecule has 2 amide bonds. The number of benzene rings is 2. The quantitative estimate of drug-likeness (QED) is 0.463. The van der Waals surface area contributed by atoms with Crippen molar-refractivity contribution in [3.05, 3.63) is 76.3 Å². The van der Waals surface area contributed by atoms with Crippen molar-refractivity contribution >= 4 is 44.7 Å². The number of nitrogens with zero attached hydrogens (tertiary/aromatic N) is 3. The number of fused-ring (bicyclic) bond motifs is 1. The number of hydrogen-bond acceptors (Lipinski definition) is 4. The molecule has 4 aromatic rings. The standard InChI is InChI=1S/C25H24N4O2S/c1-16-5-7-18(8-6-16)15-29-25-21(17(2)27-29)14-22(32-25)24(31)26-19-9-11-20(12-10-19)28-13-3-4-23(28)30/h5-12,14H,3-4,13,15H2,1-2H3,(H,26,31). The fraction of sp³-hybridized carbons (Fsp3) is 0.240. The molecule has 1 N–H and O–H groups in total. The zero-order valence-electron chi connectivity index (χ0n) is 18.1. The summed E-state index contributed by atoms with van der Waals surface area (Å²) in [7, 11) is 0. The average molecular weight is 445 g/mol. The maximum Gasteiger partial charge on any atom is 0.265 e. The summed E-state index contributed by atoms with van der Waals surface area (Å²) in [5, 5.41) is 8.65. The highest BCUT2D eigenvalue weighted by Crippen LogP contribution is 2.30. The number of carbonyl (C=O) groups excluding carboxylic acids is 2. The van der Waals surface area contributed by atoms with Crippen LogP contribution in [0.25, 0.3) is 10.2 Å². The summed E-state index contributed by atoms with van der Waals surface area (Å²) in [5.41, 5.74) is 4.91. The predicted molar refractivity (Wildman–Crippen MR) is 129 cm³/mol. The van der Waals surface area contributed by atoms with Crippen molar-refractivity contribution in [2.45, 2.75) is 33.2 Å². The summed E-state index contributed by atoms with van der Waals surface area (Å²) < 4.78 is 1.97. The first-order valence-electron chi connectivity index (χ1n) is 10.7. The Morgan fingerprint density at radius 1 is 1.09 bits per heavy atom. The fourth-order valence-electron chi connectivity index (χ4n) is 4.04. The van der Waals surface area contributed by atoms with Crippen molar-refractivity contribution in [2.24, 2.45) is 0 Å². The first kappa shape index (κ1) is 20.5. The van der Waals surface area contributed by atoms with Crippen LogP contribution in [0.3, 0.4) is 0 Å². The Morgan fingerprint density at radius 2 is 1.84 bits per heavy atom. The van der Waals surface area contributed by atoms with E-state index in [4.69, 9.17) is 0 Å². The molecule has 0 radical (unpaired) electrons. The lowest BCUT2D eigenvalue weighted by molar-refractivity contribution is -0.117. The van der Waals surface area contributed by atoms with Crippen LogP contribution in [0, 0.1) is 13.8 Å². The van der Waals surface area contributed by atoms with Crippen molar-refractivity contribution in [1.82, 2.24) is 9.78 Å². The Labute approximate surface area is 190 Å². The van der Waals surface area contributed by atoms with Gasteiger partial charge in [-0.1, -0.05) is 29.8 Å². The molecule has 0 unspecified atom stereocenters. The molecule has 7 heteroatoms. The minimum atomic E-state index is -0.141. The Kier molecular flexibility index (Phi) is 5.27. The number of nitrogens with one attached hydrogen (secondary N) is 1. The topological polar surface area (TPSA) is 67.2 Å². The van der Waals surface area contributed by atoms with E-state index in [9.17, 15) is 9.59 Å². The third-order valence-electron chi connectivity index (χ3n) is 5.79. The van der Waals surface area contributed by atoms with Crippen molar-refractivity contribution in [3.63, 3.8) is 0 Å². The Balaban J connectivity index is 1.33. The number of aromatic nitrogens is 2. The molecule has 162 valence electrons. The number of carbonyl (C=O) groups is 2. The average Bonchev–Trinajstić information content (AvgIpc) is 3.48. The van der Waals surface area contributed by atoms with Crippen LogP contribution in [-0.4, -0.2) is 28.1 Å². The van der Waals surface area contributed by atoms with Gasteiger partial charge in [-0.05, 0) is 56.2 Å². The van der Waals surface area contributed by atoms with Crippen molar-refractivity contribution in [3.8, 4) is 0 Å². The van der Waals surface area contributed by atoms with Gasteiger partial charge in [0.25, 0.3) is 5.91 Å². The van der Waals surface area contributed by atoms with Gasteiger partial charge in [0.2, 0.25) is 5.91 Å². The minimum Gasteiger partial charge on any atom is -0.321 e. The second-order valence-corrected chi connectivity index (χ2v) is 9.24. The van der Waals surface area contributed by atoms with E-state index in [0.29, 0.717) is 23.5 Å². The molecule has 6 nitrogen and oxygen atoms in total. The Morgan fingerprint density at radius 3 is 2.53 bits per heavy atom. The number of aryl methyl sites for hydroxylation is 2. The largest absolute Gasteiger partial charge is 0.321 e. The fourth-order valence-corrected chi connectivity index (χ4v) is 5.09. The van der Waals surface area contributed by atoms with Crippen molar-refractivity contribution < 1.29 is 9.59 Å². The van der Waals surface area contributed by atoms with Crippen LogP contribution in [0.15, 0.2) is 54.6 Å². The van der Waals surface area contributed by atoms with Gasteiger partial charge in [-0.25, -0.2) is 0 Å². The van der Waals surface area contributed by atoms with E-state index in [2.05, 4.69) is 41.6 Å². The first-order valence-corrected chi connectivity index (χ1v) is 11.5. The lowest BCUT2D eigenvalue weighted by atomic mass is 10.1. The predicted octanol–water partition coefficient (Wildman–Crippen LogP) is 5.14. The van der Waals surface area contributed by atoms with Gasteiger partial charge in [0, 0.05) is 29.7 Å². The summed E-state index contributed by atoms with van der Waals surface area (Å²) in [6.07, 6.45) is 1.50. The molecule has 3 heterocycles. The zero-order chi connectivity index (χ0) is 22.2. The van der Waals surface area contributed by atoms with Crippen LogP contribution in [0.2, 0.25) is 0 Å². The molecule has 0 aliphatic carbocycles. The second kappa shape index (κ2) is 8.24. The molecule has 0 saturated carbocycles. The van der Waals surface area contributed by atoms with E-state index in [1.807, 2.05) is 41.9 Å². The van der Waals surface area contributed by atoms with Gasteiger partial charge in [-0.15, -0.1) is 11.3 Å². The maximum absolute atomic E-state index is 12.9. The molecule has 1 aliphatic rings. The highest BCUT2D eigenvalue weighted by atomic mass is 32.1. The molecule has 1 fully saturated rings. The van der Waals surface area contributed by atoms with Crippen molar-refractivity contribution in [2.75, 3.05) is 16.8 Å². The molecule has 32 heavy (non-hydrogen) atoms. The van der Waals surface area contributed by atoms with E-state index in [0.717, 1.165) is 34.6 Å². The number of hydrogen-bond donors (Lipinski definition) is 1. The summed E-state index contributed by atoms with van der Waals surface area (Å²) in [4.78, 5) is 28.3. The van der Waals surface area contributed by atoms with Crippen LogP contribution in [0.5, 0.6) is 0 Å². The summed E-state index contributed by atoms with van der Waals surface area (Å²) in [6, 6.07) is 17.8.